The average molecular weight is 447 g/mol. The molecular weight excluding hydrogens is 440 g/mol. The van der Waals surface area contributed by atoms with Crippen LogP contribution in [0.25, 0.3) is 0 Å². The molecule has 0 spiro atoms. The number of hydrogen-bond acceptors (Lipinski definition) is 3. The Kier molecular flexibility index (Phi) is 4.53. The molecule has 0 radical (unpaired) electrons. The van der Waals surface area contributed by atoms with E-state index < -0.39 is 27.3 Å². The van der Waals surface area contributed by atoms with Gasteiger partial charge in [-0.05, 0) is 46.6 Å². The summed E-state index contributed by atoms with van der Waals surface area (Å²) in [6.07, 6.45) is 0. The van der Waals surface area contributed by atoms with Gasteiger partial charge in [0.05, 0.1) is 3.79 Å². The molecule has 0 aliphatic rings. The molecule has 1 heterocycles. The molecule has 2 rings (SSSR count). The van der Waals surface area contributed by atoms with Crippen LogP contribution in [0.5, 0.6) is 0 Å². The second-order valence-corrected chi connectivity index (χ2v) is 9.07. The van der Waals surface area contributed by atoms with E-state index in [1.807, 2.05) is 4.72 Å². The van der Waals surface area contributed by atoms with Crippen molar-refractivity contribution in [2.75, 3.05) is 4.72 Å². The predicted octanol–water partition coefficient (Wildman–Crippen LogP) is 4.66. The van der Waals surface area contributed by atoms with Crippen LogP contribution in [0.3, 0.4) is 0 Å². The summed E-state index contributed by atoms with van der Waals surface area (Å²) < 4.78 is 54.2. The van der Waals surface area contributed by atoms with Gasteiger partial charge in [0, 0.05) is 4.47 Å². The van der Waals surface area contributed by atoms with Crippen molar-refractivity contribution in [2.24, 2.45) is 0 Å². The highest BCUT2D eigenvalue weighted by Crippen LogP contribution is 2.33. The monoisotopic (exact) mass is 445 g/mol. The van der Waals surface area contributed by atoms with E-state index in [0.29, 0.717) is 3.79 Å². The van der Waals surface area contributed by atoms with Gasteiger partial charge in [0.2, 0.25) is 0 Å². The van der Waals surface area contributed by atoms with E-state index in [2.05, 4.69) is 31.9 Å². The third-order valence-electron chi connectivity index (χ3n) is 2.34. The number of hydrogen-bond donors (Lipinski definition) is 1. The third kappa shape index (κ3) is 3.21. The van der Waals surface area contributed by atoms with Gasteiger partial charge in [0.1, 0.15) is 9.90 Å². The molecule has 0 amide bonds. The highest BCUT2D eigenvalue weighted by Gasteiger charge is 2.22. The van der Waals surface area contributed by atoms with Crippen LogP contribution in [0.1, 0.15) is 5.56 Å². The van der Waals surface area contributed by atoms with Crippen molar-refractivity contribution < 1.29 is 17.2 Å². The van der Waals surface area contributed by atoms with E-state index in [0.717, 1.165) is 29.0 Å². The Bertz CT molecular complexity index is 732. The summed E-state index contributed by atoms with van der Waals surface area (Å²) in [4.78, 5) is 0. The Morgan fingerprint density at radius 3 is 2.15 bits per heavy atom. The second-order valence-electron chi connectivity index (χ2n) is 3.87. The van der Waals surface area contributed by atoms with Crippen molar-refractivity contribution in [1.82, 2.24) is 0 Å². The van der Waals surface area contributed by atoms with Crippen LogP contribution in [0.2, 0.25) is 0 Å². The zero-order chi connectivity index (χ0) is 15.1. The first-order chi connectivity index (χ1) is 9.20. The number of nitrogens with one attached hydrogen (secondary N) is 1. The minimum atomic E-state index is -4.03. The number of anilines is 1. The molecular formula is C11H7Br2F2NO2S2. The van der Waals surface area contributed by atoms with Gasteiger partial charge in [0.15, 0.2) is 11.6 Å². The Morgan fingerprint density at radius 2 is 1.70 bits per heavy atom. The highest BCUT2D eigenvalue weighted by molar-refractivity contribution is 9.11. The normalized spacial score (nSPS) is 11.7. The summed E-state index contributed by atoms with van der Waals surface area (Å²) in [6, 6.07) is 3.39. The Hall–Kier alpha value is -0.510. The van der Waals surface area contributed by atoms with Crippen LogP contribution in [0, 0.1) is 18.6 Å². The fourth-order valence-corrected chi connectivity index (χ4v) is 5.09. The van der Waals surface area contributed by atoms with Crippen molar-refractivity contribution in [1.29, 1.82) is 0 Å². The molecule has 20 heavy (non-hydrogen) atoms. The maximum Gasteiger partial charge on any atom is 0.271 e. The van der Waals surface area contributed by atoms with E-state index in [4.69, 9.17) is 0 Å². The maximum absolute atomic E-state index is 13.6. The first-order valence-electron chi connectivity index (χ1n) is 5.14. The van der Waals surface area contributed by atoms with E-state index in [-0.39, 0.29) is 8.68 Å². The lowest BCUT2D eigenvalue weighted by molar-refractivity contribution is 0.582. The van der Waals surface area contributed by atoms with Crippen molar-refractivity contribution in [3.05, 3.63) is 43.7 Å². The summed E-state index contributed by atoms with van der Waals surface area (Å²) >= 11 is 7.09. The van der Waals surface area contributed by atoms with Crippen LogP contribution in [-0.4, -0.2) is 8.42 Å². The zero-order valence-electron chi connectivity index (χ0n) is 9.88. The number of thiophene rings is 1. The molecule has 3 nitrogen and oxygen atoms in total. The molecule has 1 aromatic heterocycles. The minimum Gasteiger partial charge on any atom is -0.273 e. The summed E-state index contributed by atoms with van der Waals surface area (Å²) in [5.41, 5.74) is 0.0301. The molecule has 0 unspecified atom stereocenters. The first kappa shape index (κ1) is 15.9. The lowest BCUT2D eigenvalue weighted by Crippen LogP contribution is -2.14. The van der Waals surface area contributed by atoms with Crippen LogP contribution in [-0.2, 0) is 10.0 Å². The Balaban J connectivity index is 2.43. The number of sulfonamides is 1. The average Bonchev–Trinajstić information content (AvgIpc) is 2.65. The number of benzene rings is 1. The first-order valence-corrected chi connectivity index (χ1v) is 9.02. The smallest absolute Gasteiger partial charge is 0.271 e. The van der Waals surface area contributed by atoms with Gasteiger partial charge in [-0.3, -0.25) is 4.72 Å². The molecule has 1 aromatic carbocycles. The van der Waals surface area contributed by atoms with E-state index in [9.17, 15) is 17.2 Å². The third-order valence-corrected chi connectivity index (χ3v) is 6.76. The highest BCUT2D eigenvalue weighted by atomic mass is 79.9. The SMILES string of the molecule is Cc1cc(S(=O)(=O)Nc2c(F)cc(Br)cc2F)sc1Br. The largest absolute Gasteiger partial charge is 0.273 e. The molecule has 1 N–H and O–H groups in total. The number of aryl methyl sites for hydroxylation is 1. The van der Waals surface area contributed by atoms with Gasteiger partial charge in [-0.1, -0.05) is 15.9 Å². The standard InChI is InChI=1S/C11H7Br2F2NO2S2/c1-5-2-9(19-11(5)13)20(17,18)16-10-7(14)3-6(12)4-8(10)15/h2-4,16H,1H3. The van der Waals surface area contributed by atoms with Crippen molar-refractivity contribution in [3.63, 3.8) is 0 Å². The molecule has 0 atom stereocenters. The lowest BCUT2D eigenvalue weighted by Gasteiger charge is -2.08. The molecule has 0 fully saturated rings. The van der Waals surface area contributed by atoms with Crippen molar-refractivity contribution >= 4 is 58.9 Å². The summed E-state index contributed by atoms with van der Waals surface area (Å²) in [7, 11) is -4.03. The van der Waals surface area contributed by atoms with Gasteiger partial charge in [-0.2, -0.15) is 0 Å². The van der Waals surface area contributed by atoms with Gasteiger partial charge < -0.3 is 0 Å². The minimum absolute atomic E-state index is 0.0245. The van der Waals surface area contributed by atoms with E-state index in [1.54, 1.807) is 6.92 Å². The molecule has 0 saturated heterocycles. The number of rotatable bonds is 3. The molecule has 0 saturated carbocycles. The molecule has 2 aromatic rings. The lowest BCUT2D eigenvalue weighted by atomic mass is 10.3. The van der Waals surface area contributed by atoms with Crippen molar-refractivity contribution in [2.45, 2.75) is 11.1 Å². The van der Waals surface area contributed by atoms with E-state index >= 15 is 0 Å². The number of halogens is 4. The molecule has 0 bridgehead atoms. The van der Waals surface area contributed by atoms with Crippen LogP contribution in [0.4, 0.5) is 14.5 Å². The van der Waals surface area contributed by atoms with Crippen LogP contribution in [0.15, 0.2) is 30.7 Å². The molecule has 9 heteroatoms. The van der Waals surface area contributed by atoms with Gasteiger partial charge in [0.25, 0.3) is 10.0 Å². The second kappa shape index (κ2) is 5.70. The quantitative estimate of drug-likeness (QED) is 0.745. The topological polar surface area (TPSA) is 46.2 Å². The van der Waals surface area contributed by atoms with Crippen LogP contribution >= 0.6 is 43.2 Å². The van der Waals surface area contributed by atoms with Crippen LogP contribution < -0.4 is 4.72 Å². The Morgan fingerprint density at radius 1 is 1.15 bits per heavy atom. The maximum atomic E-state index is 13.6. The summed E-state index contributed by atoms with van der Waals surface area (Å²) in [5, 5.41) is 0. The van der Waals surface area contributed by atoms with Crippen molar-refractivity contribution in [3.8, 4) is 0 Å². The fourth-order valence-electron chi connectivity index (χ4n) is 1.39. The van der Waals surface area contributed by atoms with Gasteiger partial charge in [-0.15, -0.1) is 11.3 Å². The fraction of sp³-hybridized carbons (Fsp3) is 0.0909. The van der Waals surface area contributed by atoms with Gasteiger partial charge >= 0.3 is 0 Å². The summed E-state index contributed by atoms with van der Waals surface area (Å²) in [5.74, 6) is -1.99. The zero-order valence-corrected chi connectivity index (χ0v) is 14.7. The molecule has 0 aliphatic heterocycles. The molecule has 0 aliphatic carbocycles. The van der Waals surface area contributed by atoms with E-state index in [1.165, 1.54) is 6.07 Å². The predicted molar refractivity (Wildman–Crippen MR) is 81.6 cm³/mol. The molecule has 108 valence electrons. The Labute approximate surface area is 135 Å². The summed E-state index contributed by atoms with van der Waals surface area (Å²) in [6.45, 7) is 1.72. The van der Waals surface area contributed by atoms with Gasteiger partial charge in [-0.25, -0.2) is 17.2 Å².